The van der Waals surface area contributed by atoms with E-state index in [-0.39, 0.29) is 12.5 Å². The smallest absolute Gasteiger partial charge is 0.330 e. The molecule has 0 bridgehead atoms. The number of rotatable bonds is 3. The normalized spacial score (nSPS) is 13.5. The molecule has 0 aromatic carbocycles. The van der Waals surface area contributed by atoms with E-state index in [1.807, 2.05) is 0 Å². The molecule has 2 rings (SSSR count). The highest BCUT2D eigenvalue weighted by Crippen LogP contribution is 2.29. The molecular weight excluding hydrogens is 257 g/mol. The maximum Gasteiger partial charge on any atom is 0.433 e. The van der Waals surface area contributed by atoms with Crippen molar-refractivity contribution in [3.63, 3.8) is 0 Å². The Labute approximate surface area is 108 Å². The number of nitrogens with two attached hydrogens (primary N) is 1. The quantitative estimate of drug-likeness (QED) is 0.927. The number of pyridine rings is 1. The minimum atomic E-state index is -4.43. The molecule has 0 radical (unpaired) electrons. The summed E-state index contributed by atoms with van der Waals surface area (Å²) in [5.41, 5.74) is 6.27. The zero-order valence-corrected chi connectivity index (χ0v) is 10.2. The van der Waals surface area contributed by atoms with Crippen molar-refractivity contribution in [2.24, 2.45) is 12.8 Å². The van der Waals surface area contributed by atoms with Gasteiger partial charge in [-0.3, -0.25) is 9.67 Å². The van der Waals surface area contributed by atoms with Crippen LogP contribution < -0.4 is 5.73 Å². The van der Waals surface area contributed by atoms with Crippen LogP contribution in [0.25, 0.3) is 0 Å². The first-order valence-electron chi connectivity index (χ1n) is 5.63. The van der Waals surface area contributed by atoms with Gasteiger partial charge in [0, 0.05) is 31.9 Å². The van der Waals surface area contributed by atoms with Crippen LogP contribution in [0.15, 0.2) is 30.7 Å². The maximum atomic E-state index is 12.4. The van der Waals surface area contributed by atoms with Crippen LogP contribution in [-0.2, 0) is 13.2 Å². The standard InChI is InChI=1S/C12H13F3N4/c1-19-7-9(6-18-19)10(4-16)8-2-3-11(17-5-8)12(13,14)15/h2-3,5-7,10H,4,16H2,1H3. The van der Waals surface area contributed by atoms with Crippen molar-refractivity contribution in [3.8, 4) is 0 Å². The van der Waals surface area contributed by atoms with Gasteiger partial charge in [0.25, 0.3) is 0 Å². The predicted molar refractivity (Wildman–Crippen MR) is 63.3 cm³/mol. The Morgan fingerprint density at radius 3 is 2.42 bits per heavy atom. The molecule has 102 valence electrons. The van der Waals surface area contributed by atoms with E-state index in [2.05, 4.69) is 10.1 Å². The lowest BCUT2D eigenvalue weighted by Gasteiger charge is -2.14. The molecule has 4 nitrogen and oxygen atoms in total. The van der Waals surface area contributed by atoms with E-state index in [9.17, 15) is 13.2 Å². The van der Waals surface area contributed by atoms with Crippen molar-refractivity contribution in [2.45, 2.75) is 12.1 Å². The first-order chi connectivity index (χ1) is 8.91. The average molecular weight is 270 g/mol. The molecule has 2 aromatic heterocycles. The average Bonchev–Trinajstić information content (AvgIpc) is 2.76. The third-order valence-electron chi connectivity index (χ3n) is 2.84. The summed E-state index contributed by atoms with van der Waals surface area (Å²) in [6, 6.07) is 2.37. The second-order valence-electron chi connectivity index (χ2n) is 4.21. The fourth-order valence-electron chi connectivity index (χ4n) is 1.86. The van der Waals surface area contributed by atoms with Gasteiger partial charge in [-0.15, -0.1) is 0 Å². The highest BCUT2D eigenvalue weighted by molar-refractivity contribution is 5.29. The number of alkyl halides is 3. The Kier molecular flexibility index (Phi) is 3.57. The number of hydrogen-bond donors (Lipinski definition) is 1. The van der Waals surface area contributed by atoms with Crippen molar-refractivity contribution < 1.29 is 13.2 Å². The van der Waals surface area contributed by atoms with E-state index in [0.29, 0.717) is 5.56 Å². The van der Waals surface area contributed by atoms with Crippen LogP contribution in [0, 0.1) is 0 Å². The monoisotopic (exact) mass is 270 g/mol. The molecule has 0 fully saturated rings. The predicted octanol–water partition coefficient (Wildman–Crippen LogP) is 1.92. The van der Waals surface area contributed by atoms with Crippen LogP contribution in [0.3, 0.4) is 0 Å². The summed E-state index contributed by atoms with van der Waals surface area (Å²) in [5.74, 6) is -0.205. The second kappa shape index (κ2) is 5.00. The van der Waals surface area contributed by atoms with E-state index >= 15 is 0 Å². The topological polar surface area (TPSA) is 56.7 Å². The summed E-state index contributed by atoms with van der Waals surface area (Å²) in [4.78, 5) is 3.44. The molecule has 1 atom stereocenters. The van der Waals surface area contributed by atoms with Crippen LogP contribution in [0.4, 0.5) is 13.2 Å². The number of hydrogen-bond acceptors (Lipinski definition) is 3. The molecule has 2 N–H and O–H groups in total. The third kappa shape index (κ3) is 2.93. The zero-order valence-electron chi connectivity index (χ0n) is 10.2. The lowest BCUT2D eigenvalue weighted by Crippen LogP contribution is -2.15. The molecule has 0 aliphatic heterocycles. The molecule has 7 heteroatoms. The van der Waals surface area contributed by atoms with Gasteiger partial charge < -0.3 is 5.73 Å². The van der Waals surface area contributed by atoms with Gasteiger partial charge in [-0.1, -0.05) is 6.07 Å². The van der Waals surface area contributed by atoms with E-state index < -0.39 is 11.9 Å². The van der Waals surface area contributed by atoms with Gasteiger partial charge in [0.1, 0.15) is 5.69 Å². The molecule has 19 heavy (non-hydrogen) atoms. The molecule has 0 amide bonds. The molecule has 2 aromatic rings. The molecule has 0 saturated heterocycles. The van der Waals surface area contributed by atoms with Crippen LogP contribution >= 0.6 is 0 Å². The van der Waals surface area contributed by atoms with Crippen molar-refractivity contribution in [2.75, 3.05) is 6.54 Å². The molecule has 0 aliphatic rings. The highest BCUT2D eigenvalue weighted by atomic mass is 19.4. The lowest BCUT2D eigenvalue weighted by molar-refractivity contribution is -0.141. The number of aryl methyl sites for hydroxylation is 1. The minimum absolute atomic E-state index is 0.205. The molecular formula is C12H13F3N4. The highest BCUT2D eigenvalue weighted by Gasteiger charge is 2.32. The van der Waals surface area contributed by atoms with Crippen LogP contribution in [0.2, 0.25) is 0 Å². The molecule has 0 saturated carbocycles. The van der Waals surface area contributed by atoms with Gasteiger partial charge in [0.05, 0.1) is 6.20 Å². The maximum absolute atomic E-state index is 12.4. The summed E-state index contributed by atoms with van der Waals surface area (Å²) in [5, 5.41) is 4.03. The van der Waals surface area contributed by atoms with E-state index in [0.717, 1.165) is 11.6 Å². The fourth-order valence-corrected chi connectivity index (χ4v) is 1.86. The summed E-state index contributed by atoms with van der Waals surface area (Å²) < 4.78 is 38.9. The summed E-state index contributed by atoms with van der Waals surface area (Å²) >= 11 is 0. The molecule has 2 heterocycles. The lowest BCUT2D eigenvalue weighted by atomic mass is 9.95. The van der Waals surface area contributed by atoms with E-state index in [1.165, 1.54) is 12.3 Å². The Bertz CT molecular complexity index is 545. The second-order valence-corrected chi connectivity index (χ2v) is 4.21. The summed E-state index contributed by atoms with van der Waals surface area (Å²) in [7, 11) is 1.77. The molecule has 0 spiro atoms. The fraction of sp³-hybridized carbons (Fsp3) is 0.333. The SMILES string of the molecule is Cn1cc(C(CN)c2ccc(C(F)(F)F)nc2)cn1. The van der Waals surface area contributed by atoms with E-state index in [1.54, 1.807) is 24.1 Å². The zero-order chi connectivity index (χ0) is 14.0. The number of aromatic nitrogens is 3. The van der Waals surface area contributed by atoms with Crippen molar-refractivity contribution in [1.82, 2.24) is 14.8 Å². The Balaban J connectivity index is 2.30. The largest absolute Gasteiger partial charge is 0.433 e. The molecule has 1 unspecified atom stereocenters. The van der Waals surface area contributed by atoms with Gasteiger partial charge in [0.2, 0.25) is 0 Å². The van der Waals surface area contributed by atoms with Crippen molar-refractivity contribution in [3.05, 3.63) is 47.5 Å². The van der Waals surface area contributed by atoms with Gasteiger partial charge in [0.15, 0.2) is 0 Å². The summed E-state index contributed by atoms with van der Waals surface area (Å²) in [6.45, 7) is 0.277. The van der Waals surface area contributed by atoms with Crippen LogP contribution in [0.5, 0.6) is 0 Å². The van der Waals surface area contributed by atoms with Crippen molar-refractivity contribution >= 4 is 0 Å². The first kappa shape index (κ1) is 13.5. The number of nitrogens with zero attached hydrogens (tertiary/aromatic N) is 3. The van der Waals surface area contributed by atoms with Gasteiger partial charge in [-0.25, -0.2) is 0 Å². The minimum Gasteiger partial charge on any atom is -0.330 e. The number of halogens is 3. The molecule has 0 aliphatic carbocycles. The Morgan fingerprint density at radius 2 is 2.00 bits per heavy atom. The van der Waals surface area contributed by atoms with Gasteiger partial charge in [-0.05, 0) is 17.2 Å². The summed E-state index contributed by atoms with van der Waals surface area (Å²) in [6.07, 6.45) is 0.225. The van der Waals surface area contributed by atoms with Crippen molar-refractivity contribution in [1.29, 1.82) is 0 Å². The van der Waals surface area contributed by atoms with Gasteiger partial charge in [-0.2, -0.15) is 18.3 Å². The third-order valence-corrected chi connectivity index (χ3v) is 2.84. The van der Waals surface area contributed by atoms with E-state index in [4.69, 9.17) is 5.73 Å². The van der Waals surface area contributed by atoms with Crippen LogP contribution in [-0.4, -0.2) is 21.3 Å². The van der Waals surface area contributed by atoms with Gasteiger partial charge >= 0.3 is 6.18 Å². The van der Waals surface area contributed by atoms with Crippen LogP contribution in [0.1, 0.15) is 22.7 Å². The first-order valence-corrected chi connectivity index (χ1v) is 5.63. The Hall–Kier alpha value is -1.89. The Morgan fingerprint density at radius 1 is 1.26 bits per heavy atom.